The van der Waals surface area contributed by atoms with Crippen LogP contribution < -0.4 is 0 Å². The van der Waals surface area contributed by atoms with Crippen LogP contribution >= 0.6 is 0 Å². The molecule has 1 saturated heterocycles. The molecular weight excluding hydrogens is 247 g/mol. The van der Waals surface area contributed by atoms with Gasteiger partial charge < -0.3 is 9.84 Å². The molecule has 1 aromatic rings. The molecule has 0 aliphatic carbocycles. The third kappa shape index (κ3) is 3.14. The number of hydrogen-bond donors (Lipinski definition) is 1. The minimum atomic E-state index is -4.51. The molecule has 1 heterocycles. The van der Waals surface area contributed by atoms with Crippen molar-refractivity contribution in [2.45, 2.75) is 12.7 Å². The first kappa shape index (κ1) is 13.2. The number of phenols is 1. The Hall–Kier alpha value is -1.27. The van der Waals surface area contributed by atoms with E-state index in [-0.39, 0.29) is 0 Å². The normalized spacial score (nSPS) is 17.9. The van der Waals surface area contributed by atoms with E-state index in [4.69, 9.17) is 4.74 Å². The van der Waals surface area contributed by atoms with Gasteiger partial charge >= 0.3 is 6.18 Å². The van der Waals surface area contributed by atoms with Crippen molar-refractivity contribution >= 4 is 0 Å². The van der Waals surface area contributed by atoms with Crippen molar-refractivity contribution in [1.82, 2.24) is 4.90 Å². The van der Waals surface area contributed by atoms with E-state index in [1.54, 1.807) is 0 Å². The van der Waals surface area contributed by atoms with Gasteiger partial charge in [0.15, 0.2) is 0 Å². The molecule has 100 valence electrons. The van der Waals surface area contributed by atoms with Gasteiger partial charge in [-0.1, -0.05) is 6.07 Å². The van der Waals surface area contributed by atoms with Crippen LogP contribution in [0, 0.1) is 0 Å². The molecule has 0 amide bonds. The molecule has 6 heteroatoms. The van der Waals surface area contributed by atoms with Crippen molar-refractivity contribution in [2.75, 3.05) is 26.3 Å². The van der Waals surface area contributed by atoms with E-state index < -0.39 is 17.5 Å². The van der Waals surface area contributed by atoms with E-state index in [1.165, 1.54) is 12.1 Å². The third-order valence-corrected chi connectivity index (χ3v) is 2.88. The summed E-state index contributed by atoms with van der Waals surface area (Å²) in [6.45, 7) is 3.29. The number of morpholine rings is 1. The molecule has 1 N–H and O–H groups in total. The van der Waals surface area contributed by atoms with Gasteiger partial charge in [0.1, 0.15) is 5.75 Å². The second-order valence-corrected chi connectivity index (χ2v) is 4.24. The van der Waals surface area contributed by atoms with Crippen LogP contribution in [0.5, 0.6) is 5.75 Å². The van der Waals surface area contributed by atoms with E-state index in [0.717, 1.165) is 19.2 Å². The second kappa shape index (κ2) is 5.16. The Bertz CT molecular complexity index is 414. The first-order chi connectivity index (χ1) is 8.47. The highest BCUT2D eigenvalue weighted by atomic mass is 19.4. The molecule has 2 rings (SSSR count). The molecule has 18 heavy (non-hydrogen) atoms. The number of hydrogen-bond acceptors (Lipinski definition) is 3. The van der Waals surface area contributed by atoms with Gasteiger partial charge in [0.05, 0.1) is 18.8 Å². The van der Waals surface area contributed by atoms with Gasteiger partial charge in [-0.25, -0.2) is 0 Å². The van der Waals surface area contributed by atoms with Crippen LogP contribution in [0.3, 0.4) is 0 Å². The smallest absolute Gasteiger partial charge is 0.419 e. The highest BCUT2D eigenvalue weighted by molar-refractivity contribution is 5.38. The maximum absolute atomic E-state index is 12.5. The summed E-state index contributed by atoms with van der Waals surface area (Å²) in [6, 6.07) is 3.50. The Kier molecular flexibility index (Phi) is 3.77. The highest BCUT2D eigenvalue weighted by Crippen LogP contribution is 2.36. The zero-order chi connectivity index (χ0) is 13.2. The van der Waals surface area contributed by atoms with Crippen LogP contribution in [0.4, 0.5) is 13.2 Å². The lowest BCUT2D eigenvalue weighted by Crippen LogP contribution is -2.35. The first-order valence-electron chi connectivity index (χ1n) is 5.66. The molecular formula is C12H14F3NO2. The van der Waals surface area contributed by atoms with Crippen molar-refractivity contribution in [3.8, 4) is 5.75 Å². The minimum Gasteiger partial charge on any atom is -0.507 e. The van der Waals surface area contributed by atoms with Gasteiger partial charge in [-0.15, -0.1) is 0 Å². The highest BCUT2D eigenvalue weighted by Gasteiger charge is 2.33. The van der Waals surface area contributed by atoms with E-state index in [9.17, 15) is 18.3 Å². The van der Waals surface area contributed by atoms with Crippen LogP contribution in [0.2, 0.25) is 0 Å². The Morgan fingerprint density at radius 3 is 2.44 bits per heavy atom. The summed E-state index contributed by atoms with van der Waals surface area (Å²) in [5.74, 6) is -0.715. The fraction of sp³-hybridized carbons (Fsp3) is 0.500. The molecule has 0 spiro atoms. The summed E-state index contributed by atoms with van der Waals surface area (Å²) >= 11 is 0. The predicted octanol–water partition coefficient (Wildman–Crippen LogP) is 2.24. The van der Waals surface area contributed by atoms with Crippen molar-refractivity contribution in [3.63, 3.8) is 0 Å². The third-order valence-electron chi connectivity index (χ3n) is 2.88. The summed E-state index contributed by atoms with van der Waals surface area (Å²) in [4.78, 5) is 2.07. The van der Waals surface area contributed by atoms with Crippen LogP contribution in [0.1, 0.15) is 11.1 Å². The number of rotatable bonds is 2. The van der Waals surface area contributed by atoms with E-state index in [1.807, 2.05) is 0 Å². The van der Waals surface area contributed by atoms with Crippen molar-refractivity contribution in [1.29, 1.82) is 0 Å². The van der Waals surface area contributed by atoms with Gasteiger partial charge in [0, 0.05) is 19.6 Å². The van der Waals surface area contributed by atoms with Crippen LogP contribution in [-0.4, -0.2) is 36.3 Å². The number of benzene rings is 1. The van der Waals surface area contributed by atoms with Crippen molar-refractivity contribution in [3.05, 3.63) is 29.3 Å². The topological polar surface area (TPSA) is 32.7 Å². The monoisotopic (exact) mass is 261 g/mol. The number of halogens is 3. The summed E-state index contributed by atoms with van der Waals surface area (Å²) in [7, 11) is 0. The average molecular weight is 261 g/mol. The molecule has 1 aliphatic heterocycles. The minimum absolute atomic E-state index is 0.523. The molecule has 1 fully saturated rings. The van der Waals surface area contributed by atoms with Gasteiger partial charge in [-0.2, -0.15) is 13.2 Å². The fourth-order valence-electron chi connectivity index (χ4n) is 1.93. The van der Waals surface area contributed by atoms with E-state index in [2.05, 4.69) is 4.90 Å². The average Bonchev–Trinajstić information content (AvgIpc) is 2.28. The van der Waals surface area contributed by atoms with Crippen molar-refractivity contribution in [2.24, 2.45) is 0 Å². The fourth-order valence-corrected chi connectivity index (χ4v) is 1.93. The molecule has 0 bridgehead atoms. The summed E-state index contributed by atoms with van der Waals surface area (Å²) in [5.41, 5.74) is -0.323. The quantitative estimate of drug-likeness (QED) is 0.886. The summed E-state index contributed by atoms with van der Waals surface area (Å²) in [6.07, 6.45) is -4.51. The lowest BCUT2D eigenvalue weighted by molar-refractivity contribution is -0.138. The molecule has 0 unspecified atom stereocenters. The zero-order valence-corrected chi connectivity index (χ0v) is 9.70. The molecule has 3 nitrogen and oxygen atoms in total. The molecule has 0 saturated carbocycles. The Morgan fingerprint density at radius 1 is 1.22 bits per heavy atom. The second-order valence-electron chi connectivity index (χ2n) is 4.24. The standard InChI is InChI=1S/C12H14F3NO2/c13-12(14,15)10-2-1-9(7-11(10)17)8-16-3-5-18-6-4-16/h1-2,7,17H,3-6,8H2. The van der Waals surface area contributed by atoms with E-state index in [0.29, 0.717) is 25.3 Å². The Balaban J connectivity index is 2.08. The number of ether oxygens (including phenoxy) is 1. The van der Waals surface area contributed by atoms with Gasteiger partial charge in [0.25, 0.3) is 0 Å². The molecule has 0 aromatic heterocycles. The SMILES string of the molecule is Oc1cc(CN2CCOCC2)ccc1C(F)(F)F. The maximum Gasteiger partial charge on any atom is 0.419 e. The first-order valence-corrected chi connectivity index (χ1v) is 5.66. The largest absolute Gasteiger partial charge is 0.507 e. The zero-order valence-electron chi connectivity index (χ0n) is 9.70. The van der Waals surface area contributed by atoms with Crippen LogP contribution in [0.15, 0.2) is 18.2 Å². The summed E-state index contributed by atoms with van der Waals surface area (Å²) in [5, 5.41) is 9.39. The van der Waals surface area contributed by atoms with Gasteiger partial charge in [-0.05, 0) is 17.7 Å². The van der Waals surface area contributed by atoms with Crippen molar-refractivity contribution < 1.29 is 23.0 Å². The van der Waals surface area contributed by atoms with Crippen LogP contribution in [-0.2, 0) is 17.5 Å². The lowest BCUT2D eigenvalue weighted by atomic mass is 10.1. The molecule has 0 radical (unpaired) electrons. The number of aromatic hydroxyl groups is 1. The Morgan fingerprint density at radius 2 is 1.89 bits per heavy atom. The predicted molar refractivity (Wildman–Crippen MR) is 59.2 cm³/mol. The number of phenolic OH excluding ortho intramolecular Hbond substituents is 1. The van der Waals surface area contributed by atoms with Gasteiger partial charge in [0.2, 0.25) is 0 Å². The van der Waals surface area contributed by atoms with Crippen LogP contribution in [0.25, 0.3) is 0 Å². The lowest BCUT2D eigenvalue weighted by Gasteiger charge is -2.26. The van der Waals surface area contributed by atoms with Gasteiger partial charge in [-0.3, -0.25) is 4.90 Å². The molecule has 1 aliphatic rings. The number of alkyl halides is 3. The summed E-state index contributed by atoms with van der Waals surface area (Å²) < 4.78 is 42.5. The molecule has 1 aromatic carbocycles. The maximum atomic E-state index is 12.5. The number of nitrogens with zero attached hydrogens (tertiary/aromatic N) is 1. The van der Waals surface area contributed by atoms with E-state index >= 15 is 0 Å². The molecule has 0 atom stereocenters. The Labute approximate surface area is 103 Å².